The van der Waals surface area contributed by atoms with Gasteiger partial charge in [0.15, 0.2) is 0 Å². The Morgan fingerprint density at radius 1 is 1.25 bits per heavy atom. The summed E-state index contributed by atoms with van der Waals surface area (Å²) < 4.78 is 6.17. The first kappa shape index (κ1) is 18.1. The van der Waals surface area contributed by atoms with Crippen LogP contribution in [-0.2, 0) is 16.1 Å². The van der Waals surface area contributed by atoms with Crippen LogP contribution in [0.3, 0.4) is 0 Å². The Hall–Kier alpha value is -2.26. The smallest absolute Gasteiger partial charge is 0.274 e. The van der Waals surface area contributed by atoms with Crippen molar-refractivity contribution >= 4 is 11.8 Å². The summed E-state index contributed by atoms with van der Waals surface area (Å²) in [5, 5.41) is 4.13. The summed E-state index contributed by atoms with van der Waals surface area (Å²) in [7, 11) is 1.54. The molecule has 0 saturated carbocycles. The van der Waals surface area contributed by atoms with Crippen LogP contribution in [0, 0.1) is 0 Å². The van der Waals surface area contributed by atoms with E-state index in [-0.39, 0.29) is 29.6 Å². The Labute approximate surface area is 140 Å². The number of nitrogens with two attached hydrogens (primary N) is 1. The number of carbonyl (C=O) groups is 2. The summed E-state index contributed by atoms with van der Waals surface area (Å²) in [5.74, 6) is -0.594. The van der Waals surface area contributed by atoms with E-state index in [0.29, 0.717) is 39.3 Å². The van der Waals surface area contributed by atoms with Crippen molar-refractivity contribution in [2.45, 2.75) is 13.0 Å². The highest BCUT2D eigenvalue weighted by Crippen LogP contribution is 2.07. The molecule has 1 aromatic heterocycles. The minimum absolute atomic E-state index is 0.197. The number of carbonyl (C=O) groups excluding carboxylic acids is 2. The van der Waals surface area contributed by atoms with Crippen molar-refractivity contribution in [3.63, 3.8) is 0 Å². The maximum absolute atomic E-state index is 12.6. The second kappa shape index (κ2) is 8.55. The molecule has 1 saturated heterocycles. The fourth-order valence-electron chi connectivity index (χ4n) is 2.62. The number of nitrogens with zero attached hydrogens (tertiary/aromatic N) is 4. The van der Waals surface area contributed by atoms with Crippen molar-refractivity contribution in [3.8, 4) is 0 Å². The Balaban J connectivity index is 2.05. The average molecular weight is 337 g/mol. The van der Waals surface area contributed by atoms with Gasteiger partial charge in [-0.1, -0.05) is 0 Å². The van der Waals surface area contributed by atoms with Gasteiger partial charge in [-0.15, -0.1) is 0 Å². The number of methoxy groups -OCH3 is 1. The van der Waals surface area contributed by atoms with Gasteiger partial charge in [-0.3, -0.25) is 19.3 Å². The lowest BCUT2D eigenvalue weighted by Gasteiger charge is -2.21. The minimum Gasteiger partial charge on any atom is -0.383 e. The Kier molecular flexibility index (Phi) is 6.44. The Bertz CT molecular complexity index is 645. The van der Waals surface area contributed by atoms with E-state index in [1.54, 1.807) is 4.90 Å². The lowest BCUT2D eigenvalue weighted by molar-refractivity contribution is -0.119. The Morgan fingerprint density at radius 3 is 2.75 bits per heavy atom. The third-order valence-corrected chi connectivity index (χ3v) is 3.85. The fraction of sp³-hybridized carbons (Fsp3) is 0.600. The largest absolute Gasteiger partial charge is 0.383 e. The van der Waals surface area contributed by atoms with E-state index in [1.807, 2.05) is 4.90 Å². The quantitative estimate of drug-likeness (QED) is 0.678. The highest BCUT2D eigenvalue weighted by atomic mass is 16.5. The van der Waals surface area contributed by atoms with Gasteiger partial charge in [-0.2, -0.15) is 5.10 Å². The molecule has 1 aromatic rings. The highest BCUT2D eigenvalue weighted by molar-refractivity contribution is 5.92. The second-order valence-electron chi connectivity index (χ2n) is 5.66. The molecule has 9 heteroatoms. The van der Waals surface area contributed by atoms with Gasteiger partial charge in [0.25, 0.3) is 11.5 Å². The molecular formula is C15H23N5O4. The minimum atomic E-state index is -0.373. The van der Waals surface area contributed by atoms with E-state index in [9.17, 15) is 14.4 Å². The van der Waals surface area contributed by atoms with Crippen LogP contribution in [0.1, 0.15) is 16.9 Å². The molecule has 2 amide bonds. The second-order valence-corrected chi connectivity index (χ2v) is 5.66. The SMILES string of the molecule is COCCn1nc(C(=O)N2CCCN(CC(N)=O)CC2)ccc1=O. The van der Waals surface area contributed by atoms with Crippen LogP contribution in [0.25, 0.3) is 0 Å². The van der Waals surface area contributed by atoms with Crippen molar-refractivity contribution in [3.05, 3.63) is 28.2 Å². The molecule has 0 bridgehead atoms. The lowest BCUT2D eigenvalue weighted by atomic mass is 10.3. The molecule has 132 valence electrons. The molecule has 2 rings (SSSR count). The number of ether oxygens (including phenoxy) is 1. The van der Waals surface area contributed by atoms with Crippen LogP contribution in [0.15, 0.2) is 16.9 Å². The molecule has 0 radical (unpaired) electrons. The third-order valence-electron chi connectivity index (χ3n) is 3.85. The van der Waals surface area contributed by atoms with Gasteiger partial charge in [0.1, 0.15) is 5.69 Å². The van der Waals surface area contributed by atoms with Gasteiger partial charge in [-0.25, -0.2) is 4.68 Å². The zero-order valence-electron chi connectivity index (χ0n) is 13.8. The zero-order valence-corrected chi connectivity index (χ0v) is 13.8. The molecule has 0 aromatic carbocycles. The van der Waals surface area contributed by atoms with Gasteiger partial charge in [0.2, 0.25) is 5.91 Å². The lowest BCUT2D eigenvalue weighted by Crippen LogP contribution is -2.39. The van der Waals surface area contributed by atoms with Crippen LogP contribution in [0.5, 0.6) is 0 Å². The topological polar surface area (TPSA) is 111 Å². The first-order valence-corrected chi connectivity index (χ1v) is 7.88. The summed E-state index contributed by atoms with van der Waals surface area (Å²) in [5.41, 5.74) is 5.18. The zero-order chi connectivity index (χ0) is 17.5. The monoisotopic (exact) mass is 337 g/mol. The van der Waals surface area contributed by atoms with Gasteiger partial charge < -0.3 is 15.4 Å². The standard InChI is InChI=1S/C15H23N5O4/c1-24-10-9-20-14(22)4-3-12(17-20)15(23)19-6-2-5-18(7-8-19)11-13(16)21/h3-4H,2,5-11H2,1H3,(H2,16,21). The number of primary amides is 1. The summed E-state index contributed by atoms with van der Waals surface area (Å²) >= 11 is 0. The molecular weight excluding hydrogens is 314 g/mol. The van der Waals surface area contributed by atoms with Crippen molar-refractivity contribution < 1.29 is 14.3 Å². The maximum Gasteiger partial charge on any atom is 0.274 e. The van der Waals surface area contributed by atoms with E-state index in [4.69, 9.17) is 10.5 Å². The van der Waals surface area contributed by atoms with E-state index in [0.717, 1.165) is 6.42 Å². The number of rotatable bonds is 6. The number of hydrogen-bond donors (Lipinski definition) is 1. The van der Waals surface area contributed by atoms with Crippen LogP contribution >= 0.6 is 0 Å². The first-order chi connectivity index (χ1) is 11.5. The molecule has 0 atom stereocenters. The van der Waals surface area contributed by atoms with Crippen molar-refractivity contribution in [2.75, 3.05) is 46.4 Å². The van der Waals surface area contributed by atoms with Gasteiger partial charge >= 0.3 is 0 Å². The molecule has 2 N–H and O–H groups in total. The fourth-order valence-corrected chi connectivity index (χ4v) is 2.62. The van der Waals surface area contributed by atoms with Crippen LogP contribution < -0.4 is 11.3 Å². The van der Waals surface area contributed by atoms with Crippen LogP contribution in [0.2, 0.25) is 0 Å². The molecule has 1 aliphatic heterocycles. The van der Waals surface area contributed by atoms with E-state index in [2.05, 4.69) is 5.10 Å². The average Bonchev–Trinajstić information content (AvgIpc) is 2.78. The normalized spacial score (nSPS) is 16.0. The molecule has 0 spiro atoms. The predicted octanol–water partition coefficient (Wildman–Crippen LogP) is -1.48. The summed E-state index contributed by atoms with van der Waals surface area (Å²) in [6.45, 7) is 3.20. The highest BCUT2D eigenvalue weighted by Gasteiger charge is 2.22. The number of amides is 2. The summed E-state index contributed by atoms with van der Waals surface area (Å²) in [6, 6.07) is 2.78. The third kappa shape index (κ3) is 4.87. The van der Waals surface area contributed by atoms with E-state index >= 15 is 0 Å². The summed E-state index contributed by atoms with van der Waals surface area (Å²) in [4.78, 5) is 39.0. The van der Waals surface area contributed by atoms with Crippen molar-refractivity contribution in [1.82, 2.24) is 19.6 Å². The molecule has 1 aliphatic rings. The van der Waals surface area contributed by atoms with Gasteiger partial charge in [-0.05, 0) is 12.5 Å². The van der Waals surface area contributed by atoms with Gasteiger partial charge in [0, 0.05) is 39.4 Å². The Morgan fingerprint density at radius 2 is 2.04 bits per heavy atom. The molecule has 0 aliphatic carbocycles. The van der Waals surface area contributed by atoms with E-state index in [1.165, 1.54) is 23.9 Å². The van der Waals surface area contributed by atoms with Gasteiger partial charge in [0.05, 0.1) is 19.7 Å². The first-order valence-electron chi connectivity index (χ1n) is 7.88. The summed E-state index contributed by atoms with van der Waals surface area (Å²) in [6.07, 6.45) is 0.752. The van der Waals surface area contributed by atoms with Crippen LogP contribution in [0.4, 0.5) is 0 Å². The molecule has 1 fully saturated rings. The molecule has 9 nitrogen and oxygen atoms in total. The maximum atomic E-state index is 12.6. The molecule has 2 heterocycles. The number of aromatic nitrogens is 2. The predicted molar refractivity (Wildman–Crippen MR) is 86.5 cm³/mol. The molecule has 24 heavy (non-hydrogen) atoms. The van der Waals surface area contributed by atoms with E-state index < -0.39 is 0 Å². The number of hydrogen-bond acceptors (Lipinski definition) is 6. The van der Waals surface area contributed by atoms with Crippen molar-refractivity contribution in [1.29, 1.82) is 0 Å². The van der Waals surface area contributed by atoms with Crippen molar-refractivity contribution in [2.24, 2.45) is 5.73 Å². The van der Waals surface area contributed by atoms with Crippen LogP contribution in [-0.4, -0.2) is 77.8 Å². The molecule has 0 unspecified atom stereocenters.